The van der Waals surface area contributed by atoms with Gasteiger partial charge in [-0.2, -0.15) is 0 Å². The molecule has 3 aromatic carbocycles. The number of benzene rings is 3. The van der Waals surface area contributed by atoms with Gasteiger partial charge in [-0.25, -0.2) is 0 Å². The van der Waals surface area contributed by atoms with E-state index in [1.54, 1.807) is 12.1 Å². The smallest absolute Gasteiger partial charge is 0.269 e. The Bertz CT molecular complexity index is 1550. The molecule has 6 rings (SSSR count). The van der Waals surface area contributed by atoms with E-state index in [0.717, 1.165) is 30.1 Å². The second-order valence-electron chi connectivity index (χ2n) is 10.2. The molecule has 0 aromatic heterocycles. The van der Waals surface area contributed by atoms with E-state index in [2.05, 4.69) is 42.5 Å². The Balaban J connectivity index is 1.57. The summed E-state index contributed by atoms with van der Waals surface area (Å²) in [5, 5.41) is 16.1. The number of carbonyl (C=O) groups is 1. The monoisotopic (exact) mass is 463 g/mol. The minimum absolute atomic E-state index is 0.00313. The Hall–Kier alpha value is -3.53. The molecule has 35 heavy (non-hydrogen) atoms. The van der Waals surface area contributed by atoms with Crippen LogP contribution >= 0.6 is 0 Å². The minimum atomic E-state index is -0.424. The van der Waals surface area contributed by atoms with Gasteiger partial charge in [0.2, 0.25) is 0 Å². The molecule has 0 bridgehead atoms. The zero-order valence-electron chi connectivity index (χ0n) is 19.8. The van der Waals surface area contributed by atoms with Crippen molar-refractivity contribution in [1.82, 2.24) is 0 Å². The topological polar surface area (TPSA) is 60.2 Å². The van der Waals surface area contributed by atoms with E-state index in [9.17, 15) is 14.9 Å². The minimum Gasteiger partial charge on any atom is -0.289 e. The van der Waals surface area contributed by atoms with Gasteiger partial charge in [-0.1, -0.05) is 61.7 Å². The van der Waals surface area contributed by atoms with E-state index in [1.807, 2.05) is 0 Å². The molecule has 0 N–H and O–H groups in total. The van der Waals surface area contributed by atoms with Crippen molar-refractivity contribution in [2.24, 2.45) is 5.92 Å². The highest BCUT2D eigenvalue weighted by molar-refractivity contribution is 6.24. The van der Waals surface area contributed by atoms with Crippen molar-refractivity contribution in [2.45, 2.75) is 57.3 Å². The number of nitro groups is 1. The van der Waals surface area contributed by atoms with Gasteiger partial charge in [0.15, 0.2) is 5.78 Å². The fraction of sp³-hybridized carbons (Fsp3) is 0.323. The van der Waals surface area contributed by atoms with Gasteiger partial charge in [-0.3, -0.25) is 14.9 Å². The van der Waals surface area contributed by atoms with Crippen LogP contribution in [0, 0.1) is 26.5 Å². The van der Waals surface area contributed by atoms with Gasteiger partial charge in [0, 0.05) is 23.3 Å². The molecule has 0 radical (unpaired) electrons. The van der Waals surface area contributed by atoms with Crippen molar-refractivity contribution in [1.29, 1.82) is 0 Å². The second kappa shape index (κ2) is 8.92. The molecule has 1 unspecified atom stereocenters. The van der Waals surface area contributed by atoms with Crippen LogP contribution in [0.25, 0.3) is 11.6 Å². The third-order valence-corrected chi connectivity index (χ3v) is 8.37. The first kappa shape index (κ1) is 22.0. The zero-order chi connectivity index (χ0) is 23.9. The summed E-state index contributed by atoms with van der Waals surface area (Å²) < 4.78 is 0. The molecule has 0 aliphatic heterocycles. The highest BCUT2D eigenvalue weighted by Crippen LogP contribution is 2.42. The zero-order valence-corrected chi connectivity index (χ0v) is 19.8. The largest absolute Gasteiger partial charge is 0.289 e. The Labute approximate surface area is 204 Å². The normalized spacial score (nSPS) is 19.2. The van der Waals surface area contributed by atoms with E-state index in [-0.39, 0.29) is 11.5 Å². The van der Waals surface area contributed by atoms with Crippen molar-refractivity contribution in [2.75, 3.05) is 0 Å². The average Bonchev–Trinajstić information content (AvgIpc) is 2.92. The molecule has 1 atom stereocenters. The summed E-state index contributed by atoms with van der Waals surface area (Å²) in [5.74, 6) is 1.18. The summed E-state index contributed by atoms with van der Waals surface area (Å²) in [6.45, 7) is 0. The van der Waals surface area contributed by atoms with E-state index >= 15 is 0 Å². The Morgan fingerprint density at radius 3 is 2.34 bits per heavy atom. The van der Waals surface area contributed by atoms with Crippen molar-refractivity contribution in [3.8, 4) is 0 Å². The van der Waals surface area contributed by atoms with Gasteiger partial charge in [-0.15, -0.1) is 0 Å². The van der Waals surface area contributed by atoms with Crippen LogP contribution in [0.15, 0.2) is 60.7 Å². The lowest BCUT2D eigenvalue weighted by molar-refractivity contribution is -0.384. The highest BCUT2D eigenvalue weighted by Gasteiger charge is 2.32. The quantitative estimate of drug-likeness (QED) is 0.283. The van der Waals surface area contributed by atoms with Crippen LogP contribution < -0.4 is 10.4 Å². The maximum atomic E-state index is 13.7. The van der Waals surface area contributed by atoms with Gasteiger partial charge in [0.05, 0.1) is 4.92 Å². The van der Waals surface area contributed by atoms with Crippen molar-refractivity contribution < 1.29 is 9.72 Å². The molecule has 1 saturated carbocycles. The molecule has 3 aliphatic carbocycles. The number of Topliss-reactive ketones (excluding diaryl/α,β-unsaturated/α-hetero) is 1. The highest BCUT2D eigenvalue weighted by atomic mass is 16.6. The SMILES string of the molecule is O=C(C1=c2ccc3c(c2C(C2CCCCC2)CC1)CC=c1ccccc1=3)c1ccc([N+](=O)[O-])cc1. The average molecular weight is 464 g/mol. The maximum absolute atomic E-state index is 13.7. The molecule has 1 fully saturated rings. The number of carbonyl (C=O) groups excluding carboxylic acids is 1. The van der Waals surface area contributed by atoms with Crippen LogP contribution in [0.2, 0.25) is 0 Å². The van der Waals surface area contributed by atoms with Crippen molar-refractivity contribution >= 4 is 23.1 Å². The summed E-state index contributed by atoms with van der Waals surface area (Å²) >= 11 is 0. The molecule has 176 valence electrons. The van der Waals surface area contributed by atoms with Crippen LogP contribution in [0.3, 0.4) is 0 Å². The first-order valence-corrected chi connectivity index (χ1v) is 12.9. The molecule has 0 spiro atoms. The summed E-state index contributed by atoms with van der Waals surface area (Å²) in [7, 11) is 0. The first-order chi connectivity index (χ1) is 17.1. The van der Waals surface area contributed by atoms with E-state index in [1.165, 1.54) is 71.0 Å². The van der Waals surface area contributed by atoms with E-state index < -0.39 is 4.92 Å². The number of fused-ring (bicyclic) bond motifs is 4. The number of ketones is 1. The number of nitrogens with zero attached hydrogens (tertiary/aromatic N) is 1. The van der Waals surface area contributed by atoms with Gasteiger partial charge < -0.3 is 0 Å². The third kappa shape index (κ3) is 3.81. The van der Waals surface area contributed by atoms with Crippen LogP contribution in [-0.2, 0) is 6.42 Å². The maximum Gasteiger partial charge on any atom is 0.269 e. The number of rotatable bonds is 4. The molecule has 4 heteroatoms. The predicted molar refractivity (Wildman–Crippen MR) is 137 cm³/mol. The molecule has 0 saturated heterocycles. The van der Waals surface area contributed by atoms with E-state index in [4.69, 9.17) is 0 Å². The molecule has 0 heterocycles. The Morgan fingerprint density at radius 1 is 0.829 bits per heavy atom. The fourth-order valence-electron chi connectivity index (χ4n) is 6.69. The van der Waals surface area contributed by atoms with Crippen LogP contribution in [0.5, 0.6) is 0 Å². The molecule has 4 nitrogen and oxygen atoms in total. The lowest BCUT2D eigenvalue weighted by Crippen LogP contribution is -2.32. The lowest BCUT2D eigenvalue weighted by Gasteiger charge is -2.35. The van der Waals surface area contributed by atoms with Crippen molar-refractivity contribution in [3.63, 3.8) is 0 Å². The van der Waals surface area contributed by atoms with Crippen LogP contribution in [-0.4, -0.2) is 10.7 Å². The molecule has 3 aromatic rings. The number of non-ortho nitro benzene ring substituents is 1. The Morgan fingerprint density at radius 2 is 1.57 bits per heavy atom. The molecular formula is C31H29NO3. The Kier molecular flexibility index (Phi) is 5.60. The molecular weight excluding hydrogens is 434 g/mol. The summed E-state index contributed by atoms with van der Waals surface area (Å²) in [6.07, 6.45) is 11.5. The summed E-state index contributed by atoms with van der Waals surface area (Å²) in [5.41, 5.74) is 4.20. The second-order valence-corrected chi connectivity index (χ2v) is 10.2. The standard InChI is InChI=1S/C31H29NO3/c33-31(22-10-13-23(14-11-22)32(34)35)29-19-16-25(20-6-2-1-3-7-20)30-27-15-12-21-8-4-5-9-24(21)26(27)17-18-28(29)30/h4-5,8-14,17-18,20,25H,1-3,6-7,15-16,19H2. The summed E-state index contributed by atoms with van der Waals surface area (Å²) in [4.78, 5) is 24.3. The van der Waals surface area contributed by atoms with Gasteiger partial charge in [0.1, 0.15) is 0 Å². The summed E-state index contributed by atoms with van der Waals surface area (Å²) in [6, 6.07) is 19.1. The molecule has 0 amide bonds. The molecule has 3 aliphatic rings. The fourth-order valence-corrected chi connectivity index (χ4v) is 6.69. The van der Waals surface area contributed by atoms with Gasteiger partial charge in [0.25, 0.3) is 5.69 Å². The van der Waals surface area contributed by atoms with Gasteiger partial charge >= 0.3 is 0 Å². The lowest BCUT2D eigenvalue weighted by atomic mass is 9.69. The number of nitro benzene ring substituents is 1. The van der Waals surface area contributed by atoms with Crippen LogP contribution in [0.1, 0.15) is 72.3 Å². The first-order valence-electron chi connectivity index (χ1n) is 12.9. The predicted octanol–water partition coefficient (Wildman–Crippen LogP) is 5.71. The number of hydrogen-bond donors (Lipinski definition) is 0. The van der Waals surface area contributed by atoms with E-state index in [0.29, 0.717) is 17.4 Å². The van der Waals surface area contributed by atoms with Crippen LogP contribution in [0.4, 0.5) is 5.69 Å². The van der Waals surface area contributed by atoms with Crippen molar-refractivity contribution in [3.05, 3.63) is 108 Å². The number of hydrogen-bond acceptors (Lipinski definition) is 3. The third-order valence-electron chi connectivity index (χ3n) is 8.37. The van der Waals surface area contributed by atoms with Gasteiger partial charge in [-0.05, 0) is 88.1 Å².